The van der Waals surface area contributed by atoms with Crippen LogP contribution >= 0.6 is 0 Å². The number of esters is 1. The van der Waals surface area contributed by atoms with Gasteiger partial charge >= 0.3 is 12.1 Å². The van der Waals surface area contributed by atoms with Gasteiger partial charge in [0.15, 0.2) is 0 Å². The minimum Gasteiger partial charge on any atom is -0.428 e. The van der Waals surface area contributed by atoms with Crippen LogP contribution in [0.4, 0.5) is 4.79 Å². The highest BCUT2D eigenvalue weighted by Crippen LogP contribution is 2.35. The van der Waals surface area contributed by atoms with Crippen molar-refractivity contribution in [3.63, 3.8) is 0 Å². The zero-order chi connectivity index (χ0) is 16.8. The van der Waals surface area contributed by atoms with E-state index in [1.165, 1.54) is 10.5 Å². The van der Waals surface area contributed by atoms with E-state index >= 15 is 0 Å². The molecule has 1 aromatic rings. The minimum atomic E-state index is -0.568. The fourth-order valence-corrected chi connectivity index (χ4v) is 2.65. The first-order valence-corrected chi connectivity index (χ1v) is 7.66. The molecule has 2 rings (SSSR count). The Hall–Kier alpha value is -2.48. The number of benzene rings is 1. The Kier molecular flexibility index (Phi) is 5.64. The molecular weight excluding hydrogens is 294 g/mol. The maximum absolute atomic E-state index is 12.3. The Morgan fingerprint density at radius 2 is 2.09 bits per heavy atom. The molecule has 0 N–H and O–H groups in total. The average Bonchev–Trinajstić information content (AvgIpc) is 2.96. The van der Waals surface area contributed by atoms with Crippen LogP contribution in [-0.2, 0) is 20.7 Å². The second kappa shape index (κ2) is 7.68. The molecule has 1 aromatic carbocycles. The minimum absolute atomic E-state index is 0.101. The predicted molar refractivity (Wildman–Crippen MR) is 85.3 cm³/mol. The molecule has 23 heavy (non-hydrogen) atoms. The fourth-order valence-electron chi connectivity index (χ4n) is 2.65. The molecule has 1 aliphatic carbocycles. The van der Waals surface area contributed by atoms with Crippen LogP contribution < -0.4 is 0 Å². The van der Waals surface area contributed by atoms with Crippen molar-refractivity contribution in [1.29, 1.82) is 0 Å². The lowest BCUT2D eigenvalue weighted by Crippen LogP contribution is -2.35. The highest BCUT2D eigenvalue weighted by atomic mass is 16.7. The molecule has 1 aliphatic rings. The lowest BCUT2D eigenvalue weighted by Gasteiger charge is -2.27. The third-order valence-electron chi connectivity index (χ3n) is 3.83. The second-order valence-corrected chi connectivity index (χ2v) is 5.73. The number of terminal acetylenes is 1. The lowest BCUT2D eigenvalue weighted by molar-refractivity contribution is -0.156. The highest BCUT2D eigenvalue weighted by molar-refractivity contribution is 5.72. The highest BCUT2D eigenvalue weighted by Gasteiger charge is 2.31. The lowest BCUT2D eigenvalue weighted by atomic mass is 10.1. The molecule has 0 aromatic heterocycles. The number of amides is 1. The van der Waals surface area contributed by atoms with Crippen molar-refractivity contribution in [1.82, 2.24) is 4.90 Å². The first kappa shape index (κ1) is 16.9. The summed E-state index contributed by atoms with van der Waals surface area (Å²) in [6.07, 6.45) is 6.53. The van der Waals surface area contributed by atoms with Gasteiger partial charge in [0.25, 0.3) is 0 Å². The maximum atomic E-state index is 12.3. The Morgan fingerprint density at radius 1 is 1.35 bits per heavy atom. The van der Waals surface area contributed by atoms with Crippen LogP contribution in [0.3, 0.4) is 0 Å². The molecule has 0 radical (unpaired) electrons. The van der Waals surface area contributed by atoms with Crippen LogP contribution in [0.1, 0.15) is 37.4 Å². The summed E-state index contributed by atoms with van der Waals surface area (Å²) >= 11 is 0. The SMILES string of the molecule is C#CCN(C(=O)OCOC(=O)C(C)C)C1CCc2ccccc21. The van der Waals surface area contributed by atoms with Crippen LogP contribution in [0, 0.1) is 18.3 Å². The molecule has 122 valence electrons. The first-order chi connectivity index (χ1) is 11.0. The largest absolute Gasteiger partial charge is 0.428 e. The summed E-state index contributed by atoms with van der Waals surface area (Å²) in [4.78, 5) is 25.2. The molecule has 0 saturated heterocycles. The molecule has 5 heteroatoms. The van der Waals surface area contributed by atoms with Crippen LogP contribution in [0.5, 0.6) is 0 Å². The molecule has 0 spiro atoms. The summed E-state index contributed by atoms with van der Waals surface area (Å²) in [6.45, 7) is 3.18. The van der Waals surface area contributed by atoms with Crippen molar-refractivity contribution in [2.24, 2.45) is 5.92 Å². The fraction of sp³-hybridized carbons (Fsp3) is 0.444. The molecule has 0 fully saturated rings. The summed E-state index contributed by atoms with van der Waals surface area (Å²) in [5, 5.41) is 0. The van der Waals surface area contributed by atoms with E-state index in [0.717, 1.165) is 18.4 Å². The van der Waals surface area contributed by atoms with Gasteiger partial charge in [0, 0.05) is 0 Å². The standard InChI is InChI=1S/C18H21NO4/c1-4-11-19(18(21)23-12-22-17(20)13(2)3)16-10-9-14-7-5-6-8-15(14)16/h1,5-8,13,16H,9-12H2,2-3H3. The Labute approximate surface area is 136 Å². The average molecular weight is 315 g/mol. The van der Waals surface area contributed by atoms with Crippen LogP contribution in [0.2, 0.25) is 0 Å². The molecule has 0 saturated carbocycles. The van der Waals surface area contributed by atoms with E-state index < -0.39 is 18.9 Å². The number of carbonyl (C=O) groups is 2. The van der Waals surface area contributed by atoms with Crippen LogP contribution in [-0.4, -0.2) is 30.3 Å². The van der Waals surface area contributed by atoms with E-state index in [-0.39, 0.29) is 18.5 Å². The van der Waals surface area contributed by atoms with Gasteiger partial charge in [-0.3, -0.25) is 9.69 Å². The molecule has 0 bridgehead atoms. The number of aryl methyl sites for hydroxylation is 1. The van der Waals surface area contributed by atoms with E-state index in [1.54, 1.807) is 13.8 Å². The van der Waals surface area contributed by atoms with Gasteiger partial charge in [-0.05, 0) is 24.0 Å². The Bertz CT molecular complexity index is 618. The van der Waals surface area contributed by atoms with E-state index in [0.29, 0.717) is 0 Å². The third kappa shape index (κ3) is 4.04. The van der Waals surface area contributed by atoms with Gasteiger partial charge in [0.05, 0.1) is 18.5 Å². The quantitative estimate of drug-likeness (QED) is 0.476. The van der Waals surface area contributed by atoms with Crippen molar-refractivity contribution in [2.75, 3.05) is 13.3 Å². The Balaban J connectivity index is 2.00. The van der Waals surface area contributed by atoms with Crippen molar-refractivity contribution in [3.05, 3.63) is 35.4 Å². The van der Waals surface area contributed by atoms with Gasteiger partial charge in [-0.2, -0.15) is 0 Å². The number of carbonyl (C=O) groups excluding carboxylic acids is 2. The molecule has 0 heterocycles. The number of hydrogen-bond acceptors (Lipinski definition) is 4. The van der Waals surface area contributed by atoms with E-state index in [9.17, 15) is 9.59 Å². The van der Waals surface area contributed by atoms with Gasteiger partial charge in [-0.15, -0.1) is 6.42 Å². The van der Waals surface area contributed by atoms with Gasteiger partial charge in [0.1, 0.15) is 0 Å². The van der Waals surface area contributed by atoms with Crippen LogP contribution in [0.25, 0.3) is 0 Å². The topological polar surface area (TPSA) is 55.8 Å². The zero-order valence-electron chi connectivity index (χ0n) is 13.5. The number of nitrogens with zero attached hydrogens (tertiary/aromatic N) is 1. The van der Waals surface area contributed by atoms with Crippen molar-refractivity contribution < 1.29 is 19.1 Å². The number of rotatable bonds is 5. The predicted octanol–water partition coefficient (Wildman–Crippen LogP) is 2.90. The third-order valence-corrected chi connectivity index (χ3v) is 3.83. The van der Waals surface area contributed by atoms with E-state index in [4.69, 9.17) is 15.9 Å². The van der Waals surface area contributed by atoms with E-state index in [2.05, 4.69) is 12.0 Å². The Morgan fingerprint density at radius 3 is 2.78 bits per heavy atom. The van der Waals surface area contributed by atoms with Gasteiger partial charge < -0.3 is 9.47 Å². The molecule has 1 atom stereocenters. The first-order valence-electron chi connectivity index (χ1n) is 7.66. The monoisotopic (exact) mass is 315 g/mol. The summed E-state index contributed by atoms with van der Waals surface area (Å²) < 4.78 is 9.93. The van der Waals surface area contributed by atoms with E-state index in [1.807, 2.05) is 18.2 Å². The molecule has 5 nitrogen and oxygen atoms in total. The number of ether oxygens (including phenoxy) is 2. The summed E-state index contributed by atoms with van der Waals surface area (Å²) in [5.74, 6) is 1.81. The van der Waals surface area contributed by atoms with Gasteiger partial charge in [0.2, 0.25) is 6.79 Å². The second-order valence-electron chi connectivity index (χ2n) is 5.73. The van der Waals surface area contributed by atoms with Gasteiger partial charge in [-0.1, -0.05) is 44.0 Å². The zero-order valence-corrected chi connectivity index (χ0v) is 13.5. The summed E-state index contributed by atoms with van der Waals surface area (Å²) in [7, 11) is 0. The van der Waals surface area contributed by atoms with Crippen LogP contribution in [0.15, 0.2) is 24.3 Å². The van der Waals surface area contributed by atoms with Crippen molar-refractivity contribution in [3.8, 4) is 12.3 Å². The molecule has 1 unspecified atom stereocenters. The molecular formula is C18H21NO4. The molecule has 0 aliphatic heterocycles. The number of fused-ring (bicyclic) bond motifs is 1. The smallest absolute Gasteiger partial charge is 0.413 e. The maximum Gasteiger partial charge on any atom is 0.413 e. The summed E-state index contributed by atoms with van der Waals surface area (Å²) in [6, 6.07) is 7.88. The van der Waals surface area contributed by atoms with Crippen molar-refractivity contribution in [2.45, 2.75) is 32.7 Å². The number of hydrogen-bond donors (Lipinski definition) is 0. The molecule has 1 amide bonds. The van der Waals surface area contributed by atoms with Gasteiger partial charge in [-0.25, -0.2) is 4.79 Å². The summed E-state index contributed by atoms with van der Waals surface area (Å²) in [5.41, 5.74) is 2.32. The van der Waals surface area contributed by atoms with Crippen molar-refractivity contribution >= 4 is 12.1 Å². The normalized spacial score (nSPS) is 15.7.